The summed E-state index contributed by atoms with van der Waals surface area (Å²) in [4.78, 5) is 0. The zero-order valence-electron chi connectivity index (χ0n) is 17.4. The van der Waals surface area contributed by atoms with Gasteiger partial charge in [-0.15, -0.1) is 0 Å². The van der Waals surface area contributed by atoms with Crippen LogP contribution in [0.25, 0.3) is 0 Å². The molecule has 2 fully saturated rings. The van der Waals surface area contributed by atoms with Crippen molar-refractivity contribution >= 4 is 42.0 Å². The fourth-order valence-corrected chi connectivity index (χ4v) is 7.73. The fourth-order valence-electron chi connectivity index (χ4n) is 2.58. The first kappa shape index (κ1) is 31.8. The number of halogens is 6. The molecule has 0 spiro atoms. The van der Waals surface area contributed by atoms with Gasteiger partial charge in [0.1, 0.15) is 34.5 Å². The molecule has 2 aliphatic heterocycles. The van der Waals surface area contributed by atoms with Crippen LogP contribution in [0.1, 0.15) is 39.5 Å². The van der Waals surface area contributed by atoms with Gasteiger partial charge < -0.3 is 9.11 Å². The zero-order valence-corrected chi connectivity index (χ0v) is 20.7. The first-order valence-electron chi connectivity index (χ1n) is 9.23. The van der Waals surface area contributed by atoms with E-state index in [1.807, 2.05) is 0 Å². The van der Waals surface area contributed by atoms with Crippen LogP contribution in [0.15, 0.2) is 11.1 Å². The molecule has 0 unspecified atom stereocenters. The molecule has 0 radical (unpaired) electrons. The van der Waals surface area contributed by atoms with Crippen LogP contribution in [0.2, 0.25) is 0 Å². The van der Waals surface area contributed by atoms with Crippen LogP contribution in [-0.2, 0) is 42.0 Å². The SMILES string of the molecule is C/C(C[S+]1CCCC1)=C(/C)C[S+]1CCCC1.O=S(=O)([O-])C(F)(F)F.O=S(=O)([O-])C(F)(F)F. The zero-order chi connectivity index (χ0) is 25.4. The van der Waals surface area contributed by atoms with Gasteiger partial charge in [0.05, 0.1) is 0 Å². The lowest BCUT2D eigenvalue weighted by Crippen LogP contribution is -2.21. The minimum atomic E-state index is -6.09. The van der Waals surface area contributed by atoms with Crippen LogP contribution in [0, 0.1) is 0 Å². The first-order valence-corrected chi connectivity index (χ1v) is 15.5. The Morgan fingerprint density at radius 2 is 0.844 bits per heavy atom. The molecule has 0 bridgehead atoms. The van der Waals surface area contributed by atoms with Gasteiger partial charge in [0.15, 0.2) is 20.2 Å². The summed E-state index contributed by atoms with van der Waals surface area (Å²) >= 11 is 0. The van der Waals surface area contributed by atoms with E-state index in [9.17, 15) is 26.3 Å². The van der Waals surface area contributed by atoms with E-state index in [4.69, 9.17) is 25.9 Å². The molecule has 2 aliphatic rings. The molecule has 192 valence electrons. The van der Waals surface area contributed by atoms with Crippen LogP contribution in [-0.4, -0.2) is 71.5 Å². The lowest BCUT2D eigenvalue weighted by molar-refractivity contribution is -0.0522. The molecule has 0 aliphatic carbocycles. The highest BCUT2D eigenvalue weighted by molar-refractivity contribution is 7.97. The van der Waals surface area contributed by atoms with E-state index in [-0.39, 0.29) is 0 Å². The third kappa shape index (κ3) is 12.9. The highest BCUT2D eigenvalue weighted by Gasteiger charge is 2.37. The highest BCUT2D eigenvalue weighted by atomic mass is 32.2. The van der Waals surface area contributed by atoms with Crippen LogP contribution in [0.5, 0.6) is 0 Å². The van der Waals surface area contributed by atoms with Gasteiger partial charge in [0.25, 0.3) is 0 Å². The molecular weight excluding hydrogens is 530 g/mol. The molecule has 0 amide bonds. The Balaban J connectivity index is 0.000000510. The lowest BCUT2D eigenvalue weighted by atomic mass is 10.2. The van der Waals surface area contributed by atoms with Crippen molar-refractivity contribution in [2.24, 2.45) is 0 Å². The maximum Gasteiger partial charge on any atom is 0.485 e. The maximum atomic E-state index is 10.7. The normalized spacial score (nSPS) is 19.6. The van der Waals surface area contributed by atoms with Crippen LogP contribution < -0.4 is 0 Å². The number of hydrogen-bond donors (Lipinski definition) is 0. The molecule has 0 aromatic carbocycles. The van der Waals surface area contributed by atoms with Gasteiger partial charge in [-0.1, -0.05) is 0 Å². The van der Waals surface area contributed by atoms with Crippen molar-refractivity contribution in [2.45, 2.75) is 50.5 Å². The van der Waals surface area contributed by atoms with E-state index in [0.29, 0.717) is 0 Å². The van der Waals surface area contributed by atoms with Crippen LogP contribution in [0.4, 0.5) is 26.3 Å². The second kappa shape index (κ2) is 13.1. The summed E-state index contributed by atoms with van der Waals surface area (Å²) < 4.78 is 118. The standard InChI is InChI=1S/C14H26S2.2CHF3O3S/c1-13(11-15-7-3-4-8-15)14(2)12-16-9-5-6-10-16;2*2-1(3,4)8(5,6)7/h3-12H2,1-2H3;2*(H,5,6,7)/q+2;;/p-2/b14-13+;;. The third-order valence-electron chi connectivity index (χ3n) is 4.37. The Bertz CT molecular complexity index is 741. The van der Waals surface area contributed by atoms with E-state index < -0.39 is 31.3 Å². The summed E-state index contributed by atoms with van der Waals surface area (Å²) in [5, 5.41) is 0. The maximum absolute atomic E-state index is 10.7. The predicted octanol–water partition coefficient (Wildman–Crippen LogP) is 3.25. The average molecular weight is 557 g/mol. The van der Waals surface area contributed by atoms with Crippen molar-refractivity contribution in [1.29, 1.82) is 0 Å². The Hall–Kier alpha value is -0.160. The van der Waals surface area contributed by atoms with Crippen molar-refractivity contribution in [3.8, 4) is 0 Å². The molecule has 2 heterocycles. The van der Waals surface area contributed by atoms with Crippen molar-refractivity contribution in [3.63, 3.8) is 0 Å². The van der Waals surface area contributed by atoms with E-state index in [2.05, 4.69) is 13.8 Å². The van der Waals surface area contributed by atoms with Gasteiger partial charge >= 0.3 is 11.0 Å². The molecule has 2 rings (SSSR count). The van der Waals surface area contributed by atoms with Crippen LogP contribution >= 0.6 is 0 Å². The van der Waals surface area contributed by atoms with E-state index in [1.54, 1.807) is 11.1 Å². The number of rotatable bonds is 4. The largest absolute Gasteiger partial charge is 0.741 e. The summed E-state index contributed by atoms with van der Waals surface area (Å²) in [6, 6.07) is 0. The fraction of sp³-hybridized carbons (Fsp3) is 0.875. The summed E-state index contributed by atoms with van der Waals surface area (Å²) in [6.45, 7) is 4.81. The molecular formula is C16H26F6O6S4. The predicted molar refractivity (Wildman–Crippen MR) is 112 cm³/mol. The van der Waals surface area contributed by atoms with Crippen molar-refractivity contribution in [2.75, 3.05) is 34.5 Å². The van der Waals surface area contributed by atoms with Gasteiger partial charge in [0.2, 0.25) is 0 Å². The first-order chi connectivity index (χ1) is 14.3. The minimum absolute atomic E-state index is 0.764. The van der Waals surface area contributed by atoms with Gasteiger partial charge in [-0.25, -0.2) is 16.8 Å². The Labute approximate surface area is 190 Å². The minimum Gasteiger partial charge on any atom is -0.741 e. The monoisotopic (exact) mass is 556 g/mol. The van der Waals surface area contributed by atoms with E-state index >= 15 is 0 Å². The van der Waals surface area contributed by atoms with Gasteiger partial charge in [-0.05, 0) is 72.5 Å². The van der Waals surface area contributed by atoms with Gasteiger partial charge in [-0.2, -0.15) is 26.3 Å². The topological polar surface area (TPSA) is 114 Å². The van der Waals surface area contributed by atoms with Crippen LogP contribution in [0.3, 0.4) is 0 Å². The Kier molecular flexibility index (Phi) is 13.0. The highest BCUT2D eigenvalue weighted by Crippen LogP contribution is 2.22. The number of hydrogen-bond acceptors (Lipinski definition) is 6. The second-order valence-corrected chi connectivity index (χ2v) is 14.5. The summed E-state index contributed by atoms with van der Waals surface area (Å²) in [5.74, 6) is 8.96. The summed E-state index contributed by atoms with van der Waals surface area (Å²) in [7, 11) is -10.7. The molecule has 0 aromatic heterocycles. The smallest absolute Gasteiger partial charge is 0.485 e. The molecule has 0 aromatic rings. The van der Waals surface area contributed by atoms with Crippen molar-refractivity contribution < 1.29 is 52.3 Å². The van der Waals surface area contributed by atoms with Gasteiger partial charge in [-0.3, -0.25) is 0 Å². The van der Waals surface area contributed by atoms with Gasteiger partial charge in [0, 0.05) is 0 Å². The lowest BCUT2D eigenvalue weighted by Gasteiger charge is -2.08. The average Bonchev–Trinajstić information content (AvgIpc) is 3.26. The van der Waals surface area contributed by atoms with Crippen molar-refractivity contribution in [3.05, 3.63) is 11.1 Å². The quantitative estimate of drug-likeness (QED) is 0.173. The second-order valence-electron chi connectivity index (χ2n) is 7.10. The van der Waals surface area contributed by atoms with Crippen molar-refractivity contribution in [1.82, 2.24) is 0 Å². The molecule has 0 atom stereocenters. The molecule has 0 N–H and O–H groups in total. The molecule has 6 nitrogen and oxygen atoms in total. The summed E-state index contributed by atoms with van der Waals surface area (Å²) in [6.07, 6.45) is 6.00. The molecule has 16 heteroatoms. The molecule has 2 saturated heterocycles. The molecule has 32 heavy (non-hydrogen) atoms. The molecule has 0 saturated carbocycles. The van der Waals surface area contributed by atoms with E-state index in [1.165, 1.54) is 60.2 Å². The Morgan fingerprint density at radius 3 is 1.00 bits per heavy atom. The Morgan fingerprint density at radius 1 is 0.656 bits per heavy atom. The summed E-state index contributed by atoms with van der Waals surface area (Å²) in [5.41, 5.74) is -7.81. The number of alkyl halides is 6. The third-order valence-corrected chi connectivity index (χ3v) is 10.6. The van der Waals surface area contributed by atoms with E-state index in [0.717, 1.165) is 21.8 Å².